The minimum absolute atomic E-state index is 0.127. The number of ketones is 1. The SMILES string of the molecule is O=C(c1ccccc1)c1cnc2c(Cl)cccc2c1-c1cccc(O)c1. The lowest BCUT2D eigenvalue weighted by atomic mass is 9.92. The van der Waals surface area contributed by atoms with Gasteiger partial charge in [0, 0.05) is 28.3 Å². The van der Waals surface area contributed by atoms with Gasteiger partial charge in [-0.2, -0.15) is 0 Å². The molecule has 1 aromatic heterocycles. The molecule has 0 saturated carbocycles. The normalized spacial score (nSPS) is 10.8. The van der Waals surface area contributed by atoms with Gasteiger partial charge < -0.3 is 5.11 Å². The van der Waals surface area contributed by atoms with Gasteiger partial charge in [-0.3, -0.25) is 9.78 Å². The first-order chi connectivity index (χ1) is 12.6. The Hall–Kier alpha value is -3.17. The van der Waals surface area contributed by atoms with Crippen LogP contribution >= 0.6 is 11.6 Å². The number of hydrogen-bond acceptors (Lipinski definition) is 3. The number of halogens is 1. The van der Waals surface area contributed by atoms with E-state index < -0.39 is 0 Å². The van der Waals surface area contributed by atoms with Crippen molar-refractivity contribution in [2.75, 3.05) is 0 Å². The van der Waals surface area contributed by atoms with E-state index in [2.05, 4.69) is 4.98 Å². The van der Waals surface area contributed by atoms with Gasteiger partial charge in [-0.05, 0) is 23.8 Å². The highest BCUT2D eigenvalue weighted by Gasteiger charge is 2.19. The second-order valence-corrected chi connectivity index (χ2v) is 6.34. The molecule has 4 rings (SSSR count). The number of hydrogen-bond donors (Lipinski definition) is 1. The van der Waals surface area contributed by atoms with Gasteiger partial charge >= 0.3 is 0 Å². The number of para-hydroxylation sites is 1. The number of phenols is 1. The minimum Gasteiger partial charge on any atom is -0.508 e. The third kappa shape index (κ3) is 2.83. The van der Waals surface area contributed by atoms with Gasteiger partial charge in [0.25, 0.3) is 0 Å². The molecule has 0 fully saturated rings. The van der Waals surface area contributed by atoms with Crippen molar-refractivity contribution >= 4 is 28.3 Å². The molecule has 1 heterocycles. The number of pyridine rings is 1. The fourth-order valence-electron chi connectivity index (χ4n) is 3.08. The molecule has 26 heavy (non-hydrogen) atoms. The van der Waals surface area contributed by atoms with Crippen LogP contribution in [0, 0.1) is 0 Å². The summed E-state index contributed by atoms with van der Waals surface area (Å²) < 4.78 is 0. The molecule has 0 aliphatic rings. The molecule has 0 atom stereocenters. The molecule has 126 valence electrons. The first-order valence-corrected chi connectivity index (χ1v) is 8.49. The maximum Gasteiger partial charge on any atom is 0.195 e. The average molecular weight is 360 g/mol. The van der Waals surface area contributed by atoms with Crippen molar-refractivity contribution in [3.05, 3.63) is 95.1 Å². The van der Waals surface area contributed by atoms with Crippen LogP contribution in [0.15, 0.2) is 79.0 Å². The summed E-state index contributed by atoms with van der Waals surface area (Å²) in [6.45, 7) is 0. The number of nitrogens with zero attached hydrogens (tertiary/aromatic N) is 1. The molecular weight excluding hydrogens is 346 g/mol. The number of phenolic OH excluding ortho intramolecular Hbond substituents is 1. The number of carbonyl (C=O) groups excluding carboxylic acids is 1. The Morgan fingerprint density at radius 1 is 0.923 bits per heavy atom. The summed E-state index contributed by atoms with van der Waals surface area (Å²) in [7, 11) is 0. The van der Waals surface area contributed by atoms with Crippen molar-refractivity contribution in [2.24, 2.45) is 0 Å². The summed E-state index contributed by atoms with van der Waals surface area (Å²) in [5, 5.41) is 11.2. The second-order valence-electron chi connectivity index (χ2n) is 5.93. The predicted molar refractivity (Wildman–Crippen MR) is 104 cm³/mol. The monoisotopic (exact) mass is 359 g/mol. The van der Waals surface area contributed by atoms with Crippen LogP contribution in [-0.4, -0.2) is 15.9 Å². The first kappa shape index (κ1) is 16.3. The second kappa shape index (κ2) is 6.62. The number of rotatable bonds is 3. The topological polar surface area (TPSA) is 50.2 Å². The number of carbonyl (C=O) groups is 1. The first-order valence-electron chi connectivity index (χ1n) is 8.11. The van der Waals surface area contributed by atoms with Crippen LogP contribution < -0.4 is 0 Å². The number of aromatic nitrogens is 1. The van der Waals surface area contributed by atoms with Gasteiger partial charge in [0.15, 0.2) is 5.78 Å². The molecule has 4 heteroatoms. The molecule has 0 aliphatic heterocycles. The quantitative estimate of drug-likeness (QED) is 0.492. The molecule has 0 aliphatic carbocycles. The number of benzene rings is 3. The Morgan fingerprint density at radius 2 is 1.69 bits per heavy atom. The van der Waals surface area contributed by atoms with E-state index in [0.29, 0.717) is 27.2 Å². The van der Waals surface area contributed by atoms with Crippen molar-refractivity contribution < 1.29 is 9.90 Å². The van der Waals surface area contributed by atoms with Gasteiger partial charge in [0.05, 0.1) is 10.5 Å². The molecule has 3 nitrogen and oxygen atoms in total. The van der Waals surface area contributed by atoms with E-state index in [1.165, 1.54) is 0 Å². The molecular formula is C22H14ClNO2. The van der Waals surface area contributed by atoms with Crippen molar-refractivity contribution in [3.8, 4) is 16.9 Å². The zero-order valence-corrected chi connectivity index (χ0v) is 14.4. The lowest BCUT2D eigenvalue weighted by Gasteiger charge is -2.13. The molecule has 0 amide bonds. The van der Waals surface area contributed by atoms with Crippen molar-refractivity contribution in [1.82, 2.24) is 4.98 Å². The van der Waals surface area contributed by atoms with Crippen LogP contribution in [0.5, 0.6) is 5.75 Å². The fraction of sp³-hybridized carbons (Fsp3) is 0. The van der Waals surface area contributed by atoms with Gasteiger partial charge in [0.2, 0.25) is 0 Å². The molecule has 0 unspecified atom stereocenters. The summed E-state index contributed by atoms with van der Waals surface area (Å²) in [5.41, 5.74) is 3.12. The summed E-state index contributed by atoms with van der Waals surface area (Å²) in [6, 6.07) is 21.4. The standard InChI is InChI=1S/C22H14ClNO2/c23-19-11-5-10-17-20(15-8-4-9-16(25)12-15)18(13-24-21(17)19)22(26)14-6-2-1-3-7-14/h1-13,25H. The van der Waals surface area contributed by atoms with E-state index in [4.69, 9.17) is 11.6 Å². The van der Waals surface area contributed by atoms with Crippen molar-refractivity contribution in [3.63, 3.8) is 0 Å². The van der Waals surface area contributed by atoms with Crippen LogP contribution in [0.1, 0.15) is 15.9 Å². The maximum atomic E-state index is 13.1. The Bertz CT molecular complexity index is 1120. The third-order valence-electron chi connectivity index (χ3n) is 4.26. The third-order valence-corrected chi connectivity index (χ3v) is 4.57. The van der Waals surface area contributed by atoms with E-state index in [0.717, 1.165) is 10.9 Å². The van der Waals surface area contributed by atoms with Crippen molar-refractivity contribution in [1.29, 1.82) is 0 Å². The lowest BCUT2D eigenvalue weighted by molar-refractivity contribution is 0.103. The highest BCUT2D eigenvalue weighted by atomic mass is 35.5. The zero-order chi connectivity index (χ0) is 18.1. The van der Waals surface area contributed by atoms with E-state index in [1.54, 1.807) is 42.6 Å². The lowest BCUT2D eigenvalue weighted by Crippen LogP contribution is -2.05. The molecule has 0 radical (unpaired) electrons. The Kier molecular flexibility index (Phi) is 4.15. The van der Waals surface area contributed by atoms with E-state index in [1.807, 2.05) is 36.4 Å². The molecule has 3 aromatic carbocycles. The summed E-state index contributed by atoms with van der Waals surface area (Å²) >= 11 is 6.30. The Labute approximate surface area is 155 Å². The fourth-order valence-corrected chi connectivity index (χ4v) is 3.30. The van der Waals surface area contributed by atoms with E-state index in [9.17, 15) is 9.90 Å². The van der Waals surface area contributed by atoms with Crippen LogP contribution in [0.3, 0.4) is 0 Å². The number of aromatic hydroxyl groups is 1. The summed E-state index contributed by atoms with van der Waals surface area (Å²) in [5.74, 6) is 0.00548. The predicted octanol–water partition coefficient (Wildman–Crippen LogP) is 5.49. The largest absolute Gasteiger partial charge is 0.508 e. The van der Waals surface area contributed by atoms with Gasteiger partial charge in [-0.15, -0.1) is 0 Å². The molecule has 1 N–H and O–H groups in total. The highest BCUT2D eigenvalue weighted by Crippen LogP contribution is 2.36. The summed E-state index contributed by atoms with van der Waals surface area (Å²) in [4.78, 5) is 17.5. The van der Waals surface area contributed by atoms with Gasteiger partial charge in [0.1, 0.15) is 5.75 Å². The smallest absolute Gasteiger partial charge is 0.195 e. The van der Waals surface area contributed by atoms with Gasteiger partial charge in [-0.1, -0.05) is 66.2 Å². The minimum atomic E-state index is -0.127. The Balaban J connectivity index is 2.05. The Morgan fingerprint density at radius 3 is 2.46 bits per heavy atom. The van der Waals surface area contributed by atoms with Crippen LogP contribution in [0.2, 0.25) is 5.02 Å². The van der Waals surface area contributed by atoms with Crippen molar-refractivity contribution in [2.45, 2.75) is 0 Å². The highest BCUT2D eigenvalue weighted by molar-refractivity contribution is 6.35. The van der Waals surface area contributed by atoms with E-state index >= 15 is 0 Å². The average Bonchev–Trinajstić information content (AvgIpc) is 2.67. The van der Waals surface area contributed by atoms with Gasteiger partial charge in [-0.25, -0.2) is 0 Å². The maximum absolute atomic E-state index is 13.1. The van der Waals surface area contributed by atoms with Crippen LogP contribution in [0.4, 0.5) is 0 Å². The molecule has 0 bridgehead atoms. The molecule has 4 aromatic rings. The summed E-state index contributed by atoms with van der Waals surface area (Å²) in [6.07, 6.45) is 1.56. The molecule has 0 saturated heterocycles. The number of fused-ring (bicyclic) bond motifs is 1. The van der Waals surface area contributed by atoms with Crippen LogP contribution in [-0.2, 0) is 0 Å². The zero-order valence-electron chi connectivity index (χ0n) is 13.7. The van der Waals surface area contributed by atoms with E-state index in [-0.39, 0.29) is 11.5 Å². The van der Waals surface area contributed by atoms with Crippen LogP contribution in [0.25, 0.3) is 22.0 Å². The molecule has 0 spiro atoms.